The zero-order valence-corrected chi connectivity index (χ0v) is 20.5. The van der Waals surface area contributed by atoms with Crippen molar-refractivity contribution in [3.8, 4) is 5.75 Å². The van der Waals surface area contributed by atoms with Crippen molar-refractivity contribution in [1.82, 2.24) is 4.90 Å². The van der Waals surface area contributed by atoms with Crippen LogP contribution in [0.5, 0.6) is 5.75 Å². The van der Waals surface area contributed by atoms with Gasteiger partial charge in [0, 0.05) is 50.6 Å². The number of carbonyl (C=O) groups is 1. The molecule has 7 nitrogen and oxygen atoms in total. The third-order valence-corrected chi connectivity index (χ3v) is 6.86. The van der Waals surface area contributed by atoms with Crippen LogP contribution in [0.2, 0.25) is 0 Å². The Balaban J connectivity index is 0.000000166. The largest absolute Gasteiger partial charge is 0.488 e. The van der Waals surface area contributed by atoms with Gasteiger partial charge in [-0.15, -0.1) is 0 Å². The highest BCUT2D eigenvalue weighted by Gasteiger charge is 2.24. The molecule has 2 aromatic carbocycles. The zero-order chi connectivity index (χ0) is 23.8. The summed E-state index contributed by atoms with van der Waals surface area (Å²) in [5.41, 5.74) is 4.70. The summed E-state index contributed by atoms with van der Waals surface area (Å²) in [7, 11) is 2.20. The van der Waals surface area contributed by atoms with Gasteiger partial charge in [0.2, 0.25) is 6.41 Å². The molecule has 184 valence electrons. The summed E-state index contributed by atoms with van der Waals surface area (Å²) < 4.78 is 11.5. The lowest BCUT2D eigenvalue weighted by molar-refractivity contribution is -0.105. The second-order valence-electron chi connectivity index (χ2n) is 9.15. The molecule has 3 aliphatic rings. The van der Waals surface area contributed by atoms with E-state index in [1.807, 2.05) is 24.3 Å². The molecule has 7 heteroatoms. The molecule has 1 unspecified atom stereocenters. The van der Waals surface area contributed by atoms with E-state index in [-0.39, 0.29) is 0 Å². The number of hydrogen-bond acceptors (Lipinski definition) is 6. The van der Waals surface area contributed by atoms with Crippen LogP contribution in [0.25, 0.3) is 0 Å². The van der Waals surface area contributed by atoms with Gasteiger partial charge in [-0.2, -0.15) is 0 Å². The second kappa shape index (κ2) is 12.1. The molecule has 0 aliphatic carbocycles. The first-order valence-electron chi connectivity index (χ1n) is 12.5. The number of nitrogens with one attached hydrogen (secondary N) is 1. The van der Waals surface area contributed by atoms with Crippen LogP contribution in [0, 0.1) is 0 Å². The van der Waals surface area contributed by atoms with Crippen molar-refractivity contribution in [1.29, 1.82) is 0 Å². The Bertz CT molecular complexity index is 907. The first-order valence-corrected chi connectivity index (χ1v) is 12.5. The standard InChI is InChI=1S/C16H24N2O.C11H14N2O2/c1-3-14-8-7-13-5-4-6-15(16(13)19-14)18-11-9-17(2)10-12-18;14-9-12-10-1-3-11(4-2-10)13-5-7-15-8-6-13/h4-6,14H,3,7-12H2,1-2H3;1-4,9H,5-8H2,(H,12,14). The molecule has 0 aromatic heterocycles. The van der Waals surface area contributed by atoms with E-state index < -0.39 is 0 Å². The van der Waals surface area contributed by atoms with Crippen LogP contribution in [0.1, 0.15) is 25.3 Å². The van der Waals surface area contributed by atoms with Crippen LogP contribution >= 0.6 is 0 Å². The Morgan fingerprint density at radius 3 is 2.38 bits per heavy atom. The van der Waals surface area contributed by atoms with Gasteiger partial charge in [-0.3, -0.25) is 4.79 Å². The van der Waals surface area contributed by atoms with Crippen LogP contribution < -0.4 is 19.9 Å². The fourth-order valence-electron chi connectivity index (χ4n) is 4.69. The molecular formula is C27H38N4O3. The van der Waals surface area contributed by atoms with E-state index in [4.69, 9.17) is 9.47 Å². The van der Waals surface area contributed by atoms with E-state index >= 15 is 0 Å². The fourth-order valence-corrected chi connectivity index (χ4v) is 4.69. The number of para-hydroxylation sites is 1. The summed E-state index contributed by atoms with van der Waals surface area (Å²) >= 11 is 0. The van der Waals surface area contributed by atoms with Crippen molar-refractivity contribution >= 4 is 23.5 Å². The Labute approximate surface area is 203 Å². The average Bonchev–Trinajstić information content (AvgIpc) is 2.90. The van der Waals surface area contributed by atoms with E-state index in [2.05, 4.69) is 52.2 Å². The maximum atomic E-state index is 10.2. The number of anilines is 3. The normalized spacial score (nSPS) is 20.5. The van der Waals surface area contributed by atoms with Crippen molar-refractivity contribution in [3.63, 3.8) is 0 Å². The minimum atomic E-state index is 0.404. The smallest absolute Gasteiger partial charge is 0.211 e. The lowest BCUT2D eigenvalue weighted by Gasteiger charge is -2.37. The topological polar surface area (TPSA) is 57.3 Å². The summed E-state index contributed by atoms with van der Waals surface area (Å²) in [5, 5.41) is 2.61. The lowest BCUT2D eigenvalue weighted by Crippen LogP contribution is -2.44. The van der Waals surface area contributed by atoms with Crippen LogP contribution in [-0.4, -0.2) is 76.9 Å². The highest BCUT2D eigenvalue weighted by molar-refractivity contribution is 5.72. The molecule has 1 amide bonds. The number of amides is 1. The summed E-state index contributed by atoms with van der Waals surface area (Å²) in [4.78, 5) is 17.4. The predicted molar refractivity (Wildman–Crippen MR) is 138 cm³/mol. The number of fused-ring (bicyclic) bond motifs is 1. The van der Waals surface area contributed by atoms with Gasteiger partial charge < -0.3 is 29.5 Å². The monoisotopic (exact) mass is 466 g/mol. The molecular weight excluding hydrogens is 428 g/mol. The van der Waals surface area contributed by atoms with Gasteiger partial charge in [-0.25, -0.2) is 0 Å². The number of nitrogens with zero attached hydrogens (tertiary/aromatic N) is 3. The number of hydrogen-bond donors (Lipinski definition) is 1. The number of piperazine rings is 1. The zero-order valence-electron chi connectivity index (χ0n) is 20.5. The van der Waals surface area contributed by atoms with E-state index in [0.717, 1.165) is 83.2 Å². The van der Waals surface area contributed by atoms with E-state index in [0.29, 0.717) is 12.5 Å². The van der Waals surface area contributed by atoms with Crippen LogP contribution in [-0.2, 0) is 16.0 Å². The first kappa shape index (κ1) is 24.4. The third-order valence-electron chi connectivity index (χ3n) is 6.86. The van der Waals surface area contributed by atoms with Crippen molar-refractivity contribution in [2.75, 3.05) is 74.6 Å². The number of aryl methyl sites for hydroxylation is 1. The summed E-state index contributed by atoms with van der Waals surface area (Å²) in [6, 6.07) is 14.5. The molecule has 2 saturated heterocycles. The molecule has 3 aliphatic heterocycles. The van der Waals surface area contributed by atoms with E-state index in [1.54, 1.807) is 0 Å². The van der Waals surface area contributed by atoms with Gasteiger partial charge >= 0.3 is 0 Å². The Morgan fingerprint density at radius 2 is 1.71 bits per heavy atom. The van der Waals surface area contributed by atoms with Crippen LogP contribution in [0.15, 0.2) is 42.5 Å². The highest BCUT2D eigenvalue weighted by Crippen LogP contribution is 2.38. The van der Waals surface area contributed by atoms with Gasteiger partial charge in [0.15, 0.2) is 0 Å². The Morgan fingerprint density at radius 1 is 0.971 bits per heavy atom. The second-order valence-corrected chi connectivity index (χ2v) is 9.15. The SMILES string of the molecule is CCC1CCc2cccc(N3CCN(C)CC3)c2O1.O=CNc1ccc(N2CCOCC2)cc1. The summed E-state index contributed by atoms with van der Waals surface area (Å²) in [6.07, 6.45) is 4.52. The van der Waals surface area contributed by atoms with E-state index in [1.165, 1.54) is 16.9 Å². The van der Waals surface area contributed by atoms with Gasteiger partial charge in [0.05, 0.1) is 25.0 Å². The van der Waals surface area contributed by atoms with E-state index in [9.17, 15) is 4.79 Å². The summed E-state index contributed by atoms with van der Waals surface area (Å²) in [6.45, 7) is 10.1. The Kier molecular flexibility index (Phi) is 8.66. The third kappa shape index (κ3) is 6.21. The van der Waals surface area contributed by atoms with Gasteiger partial charge in [-0.05, 0) is 62.2 Å². The summed E-state index contributed by atoms with van der Waals surface area (Å²) in [5.74, 6) is 1.16. The maximum absolute atomic E-state index is 10.2. The number of carbonyl (C=O) groups excluding carboxylic acids is 1. The number of benzene rings is 2. The molecule has 0 spiro atoms. The molecule has 3 heterocycles. The fraction of sp³-hybridized carbons (Fsp3) is 0.519. The Hall–Kier alpha value is -2.77. The number of rotatable bonds is 5. The highest BCUT2D eigenvalue weighted by atomic mass is 16.5. The molecule has 5 rings (SSSR count). The van der Waals surface area contributed by atoms with Gasteiger partial charge in [0.1, 0.15) is 5.75 Å². The minimum absolute atomic E-state index is 0.404. The molecule has 2 fully saturated rings. The molecule has 1 N–H and O–H groups in total. The number of ether oxygens (including phenoxy) is 2. The predicted octanol–water partition coefficient (Wildman–Crippen LogP) is 3.63. The average molecular weight is 467 g/mol. The molecule has 2 aromatic rings. The lowest BCUT2D eigenvalue weighted by atomic mass is 9.99. The van der Waals surface area contributed by atoms with Crippen molar-refractivity contribution in [2.45, 2.75) is 32.3 Å². The maximum Gasteiger partial charge on any atom is 0.211 e. The van der Waals surface area contributed by atoms with Crippen molar-refractivity contribution in [3.05, 3.63) is 48.0 Å². The minimum Gasteiger partial charge on any atom is -0.488 e. The molecule has 0 bridgehead atoms. The molecule has 34 heavy (non-hydrogen) atoms. The van der Waals surface area contributed by atoms with Crippen molar-refractivity contribution < 1.29 is 14.3 Å². The number of likely N-dealkylation sites (N-methyl/N-ethyl adjacent to an activating group) is 1. The molecule has 0 saturated carbocycles. The number of morpholine rings is 1. The molecule has 1 atom stereocenters. The quantitative estimate of drug-likeness (QED) is 0.679. The van der Waals surface area contributed by atoms with Crippen LogP contribution in [0.3, 0.4) is 0 Å². The molecule has 0 radical (unpaired) electrons. The van der Waals surface area contributed by atoms with Crippen molar-refractivity contribution in [2.24, 2.45) is 0 Å². The van der Waals surface area contributed by atoms with Crippen LogP contribution in [0.4, 0.5) is 17.1 Å². The first-order chi connectivity index (χ1) is 16.7. The van der Waals surface area contributed by atoms with Gasteiger partial charge in [0.25, 0.3) is 0 Å². The van der Waals surface area contributed by atoms with Gasteiger partial charge in [-0.1, -0.05) is 19.1 Å².